The van der Waals surface area contributed by atoms with Gasteiger partial charge in [-0.2, -0.15) is 0 Å². The van der Waals surface area contributed by atoms with E-state index in [0.29, 0.717) is 13.0 Å². The molecule has 312 valence electrons. The molecule has 1 aliphatic carbocycles. The van der Waals surface area contributed by atoms with Gasteiger partial charge in [-0.1, -0.05) is 134 Å². The standard InChI is InChI=1S/C40H75O12P/c1-3-5-7-9-11-13-14-15-16-17-18-19-20-22-24-26-28-30-49-31-33(51-34(41)29-27-25-23-21-12-10-8-6-4-2)32-50-53(47,48)52-40-38(45)36(43)35(42)37(44)39(40)46/h13-14,16-17,33,35-40,42-46H,3-12,15,18-32H2,1-2H3,(H,47,48)/b14-13-,17-16-. The third-order valence-electron chi connectivity index (χ3n) is 9.58. The number of unbranched alkanes of at least 4 members (excludes halogenated alkanes) is 18. The van der Waals surface area contributed by atoms with Gasteiger partial charge in [-0.25, -0.2) is 4.57 Å². The maximum absolute atomic E-state index is 12.7. The van der Waals surface area contributed by atoms with E-state index in [9.17, 15) is 39.8 Å². The summed E-state index contributed by atoms with van der Waals surface area (Å²) < 4.78 is 34.0. The Balaban J connectivity index is 2.42. The number of ether oxygens (including phenoxy) is 2. The number of carbonyl (C=O) groups is 1. The lowest BCUT2D eigenvalue weighted by atomic mass is 9.85. The molecule has 0 aromatic rings. The quantitative estimate of drug-likeness (QED) is 0.0165. The van der Waals surface area contributed by atoms with Crippen LogP contribution in [-0.2, 0) is 27.9 Å². The van der Waals surface area contributed by atoms with E-state index in [1.165, 1.54) is 77.0 Å². The van der Waals surface area contributed by atoms with Crippen molar-refractivity contribution in [3.05, 3.63) is 24.3 Å². The lowest BCUT2D eigenvalue weighted by molar-refractivity contribution is -0.220. The van der Waals surface area contributed by atoms with Gasteiger partial charge in [0.1, 0.15) is 42.7 Å². The van der Waals surface area contributed by atoms with Crippen LogP contribution in [0.4, 0.5) is 0 Å². The normalized spacial score (nSPS) is 23.8. The van der Waals surface area contributed by atoms with E-state index < -0.39 is 63.1 Å². The van der Waals surface area contributed by atoms with Gasteiger partial charge in [0, 0.05) is 13.0 Å². The van der Waals surface area contributed by atoms with Crippen LogP contribution in [0.2, 0.25) is 0 Å². The Labute approximate surface area is 320 Å². The monoisotopic (exact) mass is 778 g/mol. The Morgan fingerprint density at radius 3 is 1.60 bits per heavy atom. The maximum Gasteiger partial charge on any atom is 0.472 e. The van der Waals surface area contributed by atoms with Gasteiger partial charge in [-0.15, -0.1) is 0 Å². The van der Waals surface area contributed by atoms with Gasteiger partial charge in [0.2, 0.25) is 0 Å². The molecule has 6 N–H and O–H groups in total. The topological polar surface area (TPSA) is 192 Å². The predicted octanol–water partition coefficient (Wildman–Crippen LogP) is 7.36. The van der Waals surface area contributed by atoms with Crippen LogP contribution in [0.3, 0.4) is 0 Å². The second kappa shape index (κ2) is 32.0. The van der Waals surface area contributed by atoms with Crippen molar-refractivity contribution in [2.45, 2.75) is 204 Å². The first-order valence-electron chi connectivity index (χ1n) is 20.7. The molecule has 0 bridgehead atoms. The minimum atomic E-state index is -5.01. The van der Waals surface area contributed by atoms with E-state index in [1.54, 1.807) is 0 Å². The van der Waals surface area contributed by atoms with E-state index in [2.05, 4.69) is 38.2 Å². The molecule has 0 aliphatic heterocycles. The highest BCUT2D eigenvalue weighted by atomic mass is 31.2. The van der Waals surface area contributed by atoms with Crippen LogP contribution in [-0.4, -0.2) is 98.9 Å². The number of rotatable bonds is 34. The zero-order chi connectivity index (χ0) is 39.2. The van der Waals surface area contributed by atoms with E-state index in [-0.39, 0.29) is 13.0 Å². The molecule has 0 saturated heterocycles. The summed E-state index contributed by atoms with van der Waals surface area (Å²) in [5.74, 6) is -0.485. The van der Waals surface area contributed by atoms with E-state index in [4.69, 9.17) is 18.5 Å². The highest BCUT2D eigenvalue weighted by molar-refractivity contribution is 7.47. The molecule has 13 heteroatoms. The number of phosphoric ester groups is 1. The average molecular weight is 779 g/mol. The van der Waals surface area contributed by atoms with Crippen molar-refractivity contribution in [1.82, 2.24) is 0 Å². The number of phosphoric acid groups is 1. The summed E-state index contributed by atoms with van der Waals surface area (Å²) >= 11 is 0. The highest BCUT2D eigenvalue weighted by Crippen LogP contribution is 2.47. The Hall–Kier alpha value is -1.18. The van der Waals surface area contributed by atoms with Crippen molar-refractivity contribution in [1.29, 1.82) is 0 Å². The zero-order valence-electron chi connectivity index (χ0n) is 32.8. The van der Waals surface area contributed by atoms with Crippen molar-refractivity contribution in [2.75, 3.05) is 19.8 Å². The Kier molecular flexibility index (Phi) is 30.1. The van der Waals surface area contributed by atoms with Gasteiger partial charge in [0.25, 0.3) is 0 Å². The number of esters is 1. The molecular formula is C40H75O12P. The molecule has 1 saturated carbocycles. The summed E-state index contributed by atoms with van der Waals surface area (Å²) in [4.78, 5) is 23.0. The molecule has 0 amide bonds. The van der Waals surface area contributed by atoms with Crippen LogP contribution >= 0.6 is 7.82 Å². The molecule has 1 rings (SSSR count). The summed E-state index contributed by atoms with van der Waals surface area (Å²) in [7, 11) is -5.01. The summed E-state index contributed by atoms with van der Waals surface area (Å²) in [5.41, 5.74) is 0. The van der Waals surface area contributed by atoms with Crippen LogP contribution in [0.15, 0.2) is 24.3 Å². The van der Waals surface area contributed by atoms with Crippen LogP contribution in [0.1, 0.15) is 162 Å². The number of hydrogen-bond donors (Lipinski definition) is 6. The molecule has 0 aromatic heterocycles. The number of hydrogen-bond acceptors (Lipinski definition) is 11. The zero-order valence-corrected chi connectivity index (χ0v) is 33.7. The number of aliphatic hydroxyl groups excluding tert-OH is 5. The molecule has 53 heavy (non-hydrogen) atoms. The SMILES string of the molecule is CCCCCC/C=C\C/C=C\CCCCCCCCOCC(COP(=O)(O)OC1C(O)C(O)C(O)C(O)C1O)OC(=O)CCCCCCCCCCC. The van der Waals surface area contributed by atoms with Crippen LogP contribution in [0.5, 0.6) is 0 Å². The maximum atomic E-state index is 12.7. The first-order valence-corrected chi connectivity index (χ1v) is 22.2. The van der Waals surface area contributed by atoms with Gasteiger partial charge in [0.15, 0.2) is 0 Å². The minimum Gasteiger partial charge on any atom is -0.457 e. The second-order valence-electron chi connectivity index (χ2n) is 14.5. The molecule has 0 spiro atoms. The third kappa shape index (κ3) is 24.8. The molecule has 0 heterocycles. The van der Waals surface area contributed by atoms with Gasteiger partial charge >= 0.3 is 13.8 Å². The predicted molar refractivity (Wildman–Crippen MR) is 207 cm³/mol. The van der Waals surface area contributed by atoms with Crippen LogP contribution in [0, 0.1) is 0 Å². The third-order valence-corrected chi connectivity index (χ3v) is 10.6. The average Bonchev–Trinajstić information content (AvgIpc) is 3.14. The summed E-state index contributed by atoms with van der Waals surface area (Å²) in [5, 5.41) is 50.0. The summed E-state index contributed by atoms with van der Waals surface area (Å²) in [6.45, 7) is 4.18. The fourth-order valence-corrected chi connectivity index (χ4v) is 7.18. The van der Waals surface area contributed by atoms with Crippen molar-refractivity contribution >= 4 is 13.8 Å². The molecule has 6 unspecified atom stereocenters. The summed E-state index contributed by atoms with van der Waals surface area (Å²) in [6.07, 6.45) is 21.2. The Bertz CT molecular complexity index is 979. The Morgan fingerprint density at radius 2 is 1.06 bits per heavy atom. The van der Waals surface area contributed by atoms with Gasteiger partial charge in [-0.3, -0.25) is 13.8 Å². The van der Waals surface area contributed by atoms with Crippen molar-refractivity contribution < 1.29 is 58.3 Å². The van der Waals surface area contributed by atoms with Gasteiger partial charge in [0.05, 0.1) is 13.2 Å². The largest absolute Gasteiger partial charge is 0.472 e. The second-order valence-corrected chi connectivity index (χ2v) is 15.9. The van der Waals surface area contributed by atoms with Crippen molar-refractivity contribution in [3.8, 4) is 0 Å². The van der Waals surface area contributed by atoms with Gasteiger partial charge in [-0.05, 0) is 44.9 Å². The highest BCUT2D eigenvalue weighted by Gasteiger charge is 2.51. The fraction of sp³-hybridized carbons (Fsp3) is 0.875. The minimum absolute atomic E-state index is 0.0812. The van der Waals surface area contributed by atoms with Crippen LogP contribution < -0.4 is 0 Å². The van der Waals surface area contributed by atoms with Crippen molar-refractivity contribution in [2.24, 2.45) is 0 Å². The van der Waals surface area contributed by atoms with Gasteiger partial charge < -0.3 is 39.9 Å². The Morgan fingerprint density at radius 1 is 0.604 bits per heavy atom. The molecule has 6 atom stereocenters. The van der Waals surface area contributed by atoms with Crippen LogP contribution in [0.25, 0.3) is 0 Å². The molecular weight excluding hydrogens is 703 g/mol. The molecule has 0 radical (unpaired) electrons. The first kappa shape index (κ1) is 49.8. The lowest BCUT2D eigenvalue weighted by Gasteiger charge is -2.41. The molecule has 12 nitrogen and oxygen atoms in total. The smallest absolute Gasteiger partial charge is 0.457 e. The van der Waals surface area contributed by atoms with Crippen molar-refractivity contribution in [3.63, 3.8) is 0 Å². The van der Waals surface area contributed by atoms with E-state index in [1.807, 2.05) is 0 Å². The van der Waals surface area contributed by atoms with E-state index >= 15 is 0 Å². The number of aliphatic hydroxyl groups is 5. The lowest BCUT2D eigenvalue weighted by Crippen LogP contribution is -2.64. The summed E-state index contributed by atoms with van der Waals surface area (Å²) in [6, 6.07) is 0. The molecule has 1 aliphatic rings. The van der Waals surface area contributed by atoms with E-state index in [0.717, 1.165) is 57.8 Å². The first-order chi connectivity index (χ1) is 25.5. The number of carbonyl (C=O) groups excluding carboxylic acids is 1. The number of allylic oxidation sites excluding steroid dienone is 4. The molecule has 1 fully saturated rings. The molecule has 0 aromatic carbocycles. The fourth-order valence-electron chi connectivity index (χ4n) is 6.21.